The van der Waals surface area contributed by atoms with E-state index in [0.29, 0.717) is 23.1 Å². The Bertz CT molecular complexity index is 502. The van der Waals surface area contributed by atoms with Gasteiger partial charge in [-0.15, -0.1) is 0 Å². The number of pyridine rings is 1. The fourth-order valence-corrected chi connectivity index (χ4v) is 1.60. The van der Waals surface area contributed by atoms with E-state index in [-0.39, 0.29) is 0 Å². The van der Waals surface area contributed by atoms with Crippen molar-refractivity contribution in [1.82, 2.24) is 4.98 Å². The van der Waals surface area contributed by atoms with Gasteiger partial charge in [-0.25, -0.2) is 0 Å². The molecule has 0 radical (unpaired) electrons. The average Bonchev–Trinajstić information content (AvgIpc) is 2.37. The van der Waals surface area contributed by atoms with E-state index < -0.39 is 0 Å². The smallest absolute Gasteiger partial charge is 0.161 e. The zero-order valence-corrected chi connectivity index (χ0v) is 10.1. The molecule has 0 aliphatic heterocycles. The summed E-state index contributed by atoms with van der Waals surface area (Å²) in [5.41, 5.74) is 0.781. The number of aromatic nitrogens is 1. The molecule has 1 aromatic heterocycles. The van der Waals surface area contributed by atoms with Crippen LogP contribution >= 0.6 is 11.6 Å². The third-order valence-corrected chi connectivity index (χ3v) is 2.46. The predicted molar refractivity (Wildman–Crippen MR) is 66.6 cm³/mol. The van der Waals surface area contributed by atoms with Crippen molar-refractivity contribution in [2.24, 2.45) is 0 Å². The van der Waals surface area contributed by atoms with Gasteiger partial charge in [0.15, 0.2) is 11.5 Å². The van der Waals surface area contributed by atoms with E-state index in [2.05, 4.69) is 4.98 Å². The van der Waals surface area contributed by atoms with Gasteiger partial charge in [0.05, 0.1) is 12.8 Å². The number of nitrogens with zero attached hydrogens (tertiary/aromatic N) is 1. The molecule has 1 aromatic carbocycles. The van der Waals surface area contributed by atoms with E-state index in [1.54, 1.807) is 25.4 Å². The van der Waals surface area contributed by atoms with Crippen molar-refractivity contribution >= 4 is 11.6 Å². The molecule has 0 saturated heterocycles. The number of ether oxygens (including phenoxy) is 2. The zero-order chi connectivity index (χ0) is 12.1. The van der Waals surface area contributed by atoms with E-state index in [0.717, 1.165) is 5.69 Å². The number of hydrogen-bond donors (Lipinski definition) is 0. The molecule has 0 spiro atoms. The van der Waals surface area contributed by atoms with Crippen LogP contribution in [0.4, 0.5) is 0 Å². The molecule has 0 fully saturated rings. The predicted octanol–water partition coefficient (Wildman–Crippen LogP) is 3.32. The third-order valence-electron chi connectivity index (χ3n) is 2.22. The summed E-state index contributed by atoms with van der Waals surface area (Å²) in [5.74, 6) is 1.39. The molecule has 0 atom stereocenters. The highest BCUT2D eigenvalue weighted by atomic mass is 35.5. The van der Waals surface area contributed by atoms with E-state index in [4.69, 9.17) is 21.1 Å². The largest absolute Gasteiger partial charge is 0.493 e. The second kappa shape index (κ2) is 5.55. The molecule has 0 aliphatic carbocycles. The van der Waals surface area contributed by atoms with Crippen LogP contribution in [0.2, 0.25) is 5.02 Å². The number of benzene rings is 1. The average molecular weight is 250 g/mol. The van der Waals surface area contributed by atoms with Gasteiger partial charge in [-0.2, -0.15) is 0 Å². The quantitative estimate of drug-likeness (QED) is 0.833. The van der Waals surface area contributed by atoms with Gasteiger partial charge in [-0.3, -0.25) is 4.98 Å². The topological polar surface area (TPSA) is 31.4 Å². The molecule has 0 N–H and O–H groups in total. The third kappa shape index (κ3) is 3.11. The van der Waals surface area contributed by atoms with Gasteiger partial charge in [0.2, 0.25) is 0 Å². The second-order valence-electron chi connectivity index (χ2n) is 3.40. The molecule has 2 aromatic rings. The van der Waals surface area contributed by atoms with Crippen molar-refractivity contribution in [3.63, 3.8) is 0 Å². The fourth-order valence-electron chi connectivity index (χ4n) is 1.42. The first-order chi connectivity index (χ1) is 8.29. The molecule has 0 saturated carbocycles. The minimum absolute atomic E-state index is 0.362. The van der Waals surface area contributed by atoms with Gasteiger partial charge < -0.3 is 9.47 Å². The number of rotatable bonds is 4. The Labute approximate surface area is 105 Å². The van der Waals surface area contributed by atoms with Crippen LogP contribution in [-0.4, -0.2) is 12.1 Å². The van der Waals surface area contributed by atoms with Crippen LogP contribution in [0.1, 0.15) is 5.69 Å². The molecule has 4 heteroatoms. The molecule has 0 bridgehead atoms. The Hall–Kier alpha value is -1.74. The molecule has 0 unspecified atom stereocenters. The van der Waals surface area contributed by atoms with Crippen molar-refractivity contribution in [1.29, 1.82) is 0 Å². The highest BCUT2D eigenvalue weighted by Crippen LogP contribution is 2.26. The summed E-state index contributed by atoms with van der Waals surface area (Å²) in [4.78, 5) is 4.16. The SMILES string of the molecule is COc1ccccc1OCc1cc(Cl)ccn1. The highest BCUT2D eigenvalue weighted by molar-refractivity contribution is 6.30. The number of methoxy groups -OCH3 is 1. The van der Waals surface area contributed by atoms with Gasteiger partial charge in [0.1, 0.15) is 6.61 Å². The molecule has 0 aliphatic rings. The van der Waals surface area contributed by atoms with Crippen LogP contribution in [-0.2, 0) is 6.61 Å². The van der Waals surface area contributed by atoms with E-state index >= 15 is 0 Å². The fraction of sp³-hybridized carbons (Fsp3) is 0.154. The van der Waals surface area contributed by atoms with Crippen molar-refractivity contribution in [3.05, 3.63) is 53.3 Å². The highest BCUT2D eigenvalue weighted by Gasteiger charge is 2.03. The van der Waals surface area contributed by atoms with Gasteiger partial charge in [0, 0.05) is 11.2 Å². The van der Waals surface area contributed by atoms with E-state index in [1.807, 2.05) is 24.3 Å². The summed E-state index contributed by atoms with van der Waals surface area (Å²) in [5, 5.41) is 0.652. The summed E-state index contributed by atoms with van der Waals surface area (Å²) in [6.45, 7) is 0.362. The minimum atomic E-state index is 0.362. The lowest BCUT2D eigenvalue weighted by Gasteiger charge is -2.09. The summed E-state index contributed by atoms with van der Waals surface area (Å²) in [6.07, 6.45) is 1.66. The Morgan fingerprint density at radius 3 is 2.65 bits per heavy atom. The van der Waals surface area contributed by atoms with Gasteiger partial charge in [-0.05, 0) is 24.3 Å². The number of para-hydroxylation sites is 2. The maximum Gasteiger partial charge on any atom is 0.161 e. The van der Waals surface area contributed by atoms with Crippen LogP contribution < -0.4 is 9.47 Å². The number of halogens is 1. The maximum atomic E-state index is 5.86. The van der Waals surface area contributed by atoms with Crippen molar-refractivity contribution in [2.75, 3.05) is 7.11 Å². The Balaban J connectivity index is 2.07. The normalized spacial score (nSPS) is 10.0. The molecule has 88 valence electrons. The lowest BCUT2D eigenvalue weighted by atomic mass is 10.3. The minimum Gasteiger partial charge on any atom is -0.493 e. The zero-order valence-electron chi connectivity index (χ0n) is 9.39. The number of hydrogen-bond acceptors (Lipinski definition) is 3. The van der Waals surface area contributed by atoms with Crippen LogP contribution in [0.5, 0.6) is 11.5 Å². The first-order valence-electron chi connectivity index (χ1n) is 5.16. The van der Waals surface area contributed by atoms with Gasteiger partial charge in [-0.1, -0.05) is 23.7 Å². The molecular weight excluding hydrogens is 238 g/mol. The van der Waals surface area contributed by atoms with Crippen LogP contribution in [0.25, 0.3) is 0 Å². The first kappa shape index (κ1) is 11.7. The standard InChI is InChI=1S/C13H12ClNO2/c1-16-12-4-2-3-5-13(12)17-9-11-8-10(14)6-7-15-11/h2-8H,9H2,1H3. The van der Waals surface area contributed by atoms with E-state index in [9.17, 15) is 0 Å². The molecular formula is C13H12ClNO2. The summed E-state index contributed by atoms with van der Waals surface area (Å²) in [7, 11) is 1.61. The molecule has 1 heterocycles. The van der Waals surface area contributed by atoms with Crippen molar-refractivity contribution in [2.45, 2.75) is 6.61 Å². The summed E-state index contributed by atoms with van der Waals surface area (Å²) < 4.78 is 10.8. The van der Waals surface area contributed by atoms with E-state index in [1.165, 1.54) is 0 Å². The molecule has 3 nitrogen and oxygen atoms in total. The maximum absolute atomic E-state index is 5.86. The second-order valence-corrected chi connectivity index (χ2v) is 3.84. The summed E-state index contributed by atoms with van der Waals surface area (Å²) >= 11 is 5.86. The lowest BCUT2D eigenvalue weighted by molar-refractivity contribution is 0.280. The van der Waals surface area contributed by atoms with Gasteiger partial charge in [0.25, 0.3) is 0 Å². The van der Waals surface area contributed by atoms with Crippen LogP contribution in [0, 0.1) is 0 Å². The van der Waals surface area contributed by atoms with Crippen molar-refractivity contribution < 1.29 is 9.47 Å². The van der Waals surface area contributed by atoms with Crippen LogP contribution in [0.15, 0.2) is 42.6 Å². The van der Waals surface area contributed by atoms with Crippen LogP contribution in [0.3, 0.4) is 0 Å². The first-order valence-corrected chi connectivity index (χ1v) is 5.53. The Morgan fingerprint density at radius 2 is 1.94 bits per heavy atom. The monoisotopic (exact) mass is 249 g/mol. The molecule has 2 rings (SSSR count). The molecule has 17 heavy (non-hydrogen) atoms. The lowest BCUT2D eigenvalue weighted by Crippen LogP contribution is -1.99. The summed E-state index contributed by atoms with van der Waals surface area (Å²) in [6, 6.07) is 11.0. The van der Waals surface area contributed by atoms with Gasteiger partial charge >= 0.3 is 0 Å². The molecule has 0 amide bonds. The van der Waals surface area contributed by atoms with Crippen molar-refractivity contribution in [3.8, 4) is 11.5 Å². The Morgan fingerprint density at radius 1 is 1.18 bits per heavy atom. The Kier molecular flexibility index (Phi) is 3.83.